The van der Waals surface area contributed by atoms with Gasteiger partial charge in [-0.1, -0.05) is 61.8 Å². The lowest BCUT2D eigenvalue weighted by Gasteiger charge is -2.35. The third-order valence-electron chi connectivity index (χ3n) is 8.64. The summed E-state index contributed by atoms with van der Waals surface area (Å²) >= 11 is 1.61. The molecule has 1 aromatic carbocycles. The van der Waals surface area contributed by atoms with E-state index < -0.39 is 0 Å². The summed E-state index contributed by atoms with van der Waals surface area (Å²) in [5, 5.41) is 10.7. The molecule has 0 atom stereocenters. The first-order valence-corrected chi connectivity index (χ1v) is 15.3. The molecule has 1 saturated carbocycles. The van der Waals surface area contributed by atoms with Crippen molar-refractivity contribution in [3.05, 3.63) is 36.7 Å². The van der Waals surface area contributed by atoms with Gasteiger partial charge in [-0.25, -0.2) is 9.97 Å². The van der Waals surface area contributed by atoms with Gasteiger partial charge in [0, 0.05) is 55.1 Å². The highest BCUT2D eigenvalue weighted by Gasteiger charge is 2.31. The van der Waals surface area contributed by atoms with Gasteiger partial charge in [-0.3, -0.25) is 0 Å². The number of nitrogens with zero attached hydrogens (tertiary/aromatic N) is 6. The number of benzene rings is 1. The van der Waals surface area contributed by atoms with E-state index in [0.29, 0.717) is 12.2 Å². The molecular weight excluding hydrogens is 508 g/mol. The maximum atomic E-state index is 11.3. The third kappa shape index (κ3) is 6.14. The largest absolute Gasteiger partial charge is 0.375 e. The Kier molecular flexibility index (Phi) is 7.88. The second-order valence-electron chi connectivity index (χ2n) is 11.6. The van der Waals surface area contributed by atoms with Gasteiger partial charge >= 0.3 is 0 Å². The highest BCUT2D eigenvalue weighted by molar-refractivity contribution is 7.18. The Balaban J connectivity index is 1.03. The second-order valence-corrected chi connectivity index (χ2v) is 12.5. The number of piperidine rings is 2. The summed E-state index contributed by atoms with van der Waals surface area (Å²) in [5.74, 6) is 0.805. The molecule has 3 aromatic rings. The van der Waals surface area contributed by atoms with Crippen LogP contribution in [0, 0.1) is 5.41 Å². The molecule has 206 valence electrons. The van der Waals surface area contributed by atoms with Crippen LogP contribution in [0.5, 0.6) is 0 Å². The summed E-state index contributed by atoms with van der Waals surface area (Å²) in [4.78, 5) is 25.3. The zero-order chi connectivity index (χ0) is 26.7. The minimum absolute atomic E-state index is 0.207. The molecule has 4 heterocycles. The topological polar surface area (TPSA) is 84.3 Å². The van der Waals surface area contributed by atoms with Crippen molar-refractivity contribution in [2.24, 2.45) is 5.41 Å². The molecule has 1 aliphatic carbocycles. The zero-order valence-electron chi connectivity index (χ0n) is 22.8. The number of aromatic nitrogens is 4. The van der Waals surface area contributed by atoms with Crippen LogP contribution >= 0.6 is 11.3 Å². The van der Waals surface area contributed by atoms with Gasteiger partial charge in [0.2, 0.25) is 11.1 Å². The van der Waals surface area contributed by atoms with E-state index in [1.165, 1.54) is 32.1 Å². The van der Waals surface area contributed by atoms with Gasteiger partial charge in [-0.15, -0.1) is 10.2 Å². The van der Waals surface area contributed by atoms with Crippen LogP contribution in [0.3, 0.4) is 0 Å². The Morgan fingerprint density at radius 2 is 1.46 bits per heavy atom. The van der Waals surface area contributed by atoms with Gasteiger partial charge in [0.15, 0.2) is 0 Å². The van der Waals surface area contributed by atoms with Crippen LogP contribution in [0.2, 0.25) is 0 Å². The van der Waals surface area contributed by atoms with Crippen LogP contribution in [-0.2, 0) is 9.53 Å². The molecule has 2 aromatic heterocycles. The Bertz CT molecular complexity index is 1230. The molecule has 3 fully saturated rings. The molecule has 2 saturated heterocycles. The van der Waals surface area contributed by atoms with Crippen molar-refractivity contribution in [2.45, 2.75) is 76.9 Å². The lowest BCUT2D eigenvalue weighted by molar-refractivity contribution is -0.116. The standard InChI is InChI=1S/C30H38N6O2S/c1-30(21-37)13-17-36(18-14-30)29-34-33-27(39-29)23-9-7-22(8-10-23)24-19-31-28(32-20-24)35-15-11-26(12-16-35)38-25-5-3-2-4-6-25/h7-10,19-21,25-26H,2-6,11-18H2,1H3. The van der Waals surface area contributed by atoms with Gasteiger partial charge in [-0.05, 0) is 44.1 Å². The normalized spacial score (nSPS) is 20.7. The summed E-state index contributed by atoms with van der Waals surface area (Å²) < 4.78 is 6.39. The van der Waals surface area contributed by atoms with Crippen molar-refractivity contribution in [2.75, 3.05) is 36.0 Å². The van der Waals surface area contributed by atoms with Crippen molar-refractivity contribution in [1.29, 1.82) is 0 Å². The molecule has 8 nitrogen and oxygen atoms in total. The molecule has 39 heavy (non-hydrogen) atoms. The minimum Gasteiger partial charge on any atom is -0.375 e. The number of aldehydes is 1. The molecule has 2 aliphatic heterocycles. The number of ether oxygens (including phenoxy) is 1. The molecule has 0 radical (unpaired) electrons. The fourth-order valence-corrected chi connectivity index (χ4v) is 6.79. The predicted octanol–water partition coefficient (Wildman–Crippen LogP) is 5.79. The Hall–Kier alpha value is -2.91. The number of hydrogen-bond donors (Lipinski definition) is 0. The summed E-state index contributed by atoms with van der Waals surface area (Å²) in [5.41, 5.74) is 2.93. The molecule has 6 rings (SSSR count). The monoisotopic (exact) mass is 546 g/mol. The first-order chi connectivity index (χ1) is 19.1. The van der Waals surface area contributed by atoms with E-state index in [1.54, 1.807) is 11.3 Å². The SMILES string of the molecule is CC1(C=O)CCN(c2nnc(-c3ccc(-c4cnc(N5CCC(OC6CCCCC6)CC5)nc4)cc3)s2)CC1. The fourth-order valence-electron chi connectivity index (χ4n) is 5.89. The maximum absolute atomic E-state index is 11.3. The molecule has 0 unspecified atom stereocenters. The van der Waals surface area contributed by atoms with Crippen molar-refractivity contribution in [1.82, 2.24) is 20.2 Å². The number of rotatable bonds is 7. The lowest BCUT2D eigenvalue weighted by Crippen LogP contribution is -2.39. The first kappa shape index (κ1) is 26.3. The summed E-state index contributed by atoms with van der Waals surface area (Å²) in [6, 6.07) is 8.37. The highest BCUT2D eigenvalue weighted by atomic mass is 32.1. The van der Waals surface area contributed by atoms with Gasteiger partial charge < -0.3 is 19.3 Å². The Morgan fingerprint density at radius 1 is 0.821 bits per heavy atom. The van der Waals surface area contributed by atoms with Crippen LogP contribution in [0.25, 0.3) is 21.7 Å². The van der Waals surface area contributed by atoms with Crippen molar-refractivity contribution in [3.63, 3.8) is 0 Å². The van der Waals surface area contributed by atoms with Gasteiger partial charge in [0.05, 0.1) is 12.2 Å². The molecule has 3 aliphatic rings. The average Bonchev–Trinajstić information content (AvgIpc) is 3.49. The number of anilines is 2. The third-order valence-corrected chi connectivity index (χ3v) is 9.67. The molecule has 0 bridgehead atoms. The van der Waals surface area contributed by atoms with Crippen molar-refractivity contribution >= 4 is 28.7 Å². The summed E-state index contributed by atoms with van der Waals surface area (Å²) in [7, 11) is 0. The van der Waals surface area contributed by atoms with Crippen LogP contribution in [0.1, 0.15) is 64.7 Å². The molecule has 0 amide bonds. The lowest BCUT2D eigenvalue weighted by atomic mass is 9.82. The van der Waals surface area contributed by atoms with E-state index in [-0.39, 0.29) is 5.41 Å². The van der Waals surface area contributed by atoms with E-state index in [1.807, 2.05) is 19.3 Å². The van der Waals surface area contributed by atoms with Crippen LogP contribution in [-0.4, -0.2) is 64.8 Å². The smallest absolute Gasteiger partial charge is 0.225 e. The summed E-state index contributed by atoms with van der Waals surface area (Å²) in [6.07, 6.45) is 16.1. The van der Waals surface area contributed by atoms with Gasteiger partial charge in [-0.2, -0.15) is 0 Å². The van der Waals surface area contributed by atoms with E-state index in [0.717, 1.165) is 90.9 Å². The number of hydrogen-bond acceptors (Lipinski definition) is 9. The van der Waals surface area contributed by atoms with Crippen LogP contribution < -0.4 is 9.80 Å². The van der Waals surface area contributed by atoms with Gasteiger partial charge in [0.1, 0.15) is 11.3 Å². The Morgan fingerprint density at radius 3 is 2.13 bits per heavy atom. The first-order valence-electron chi connectivity index (χ1n) is 14.5. The van der Waals surface area contributed by atoms with Crippen molar-refractivity contribution < 1.29 is 9.53 Å². The molecule has 9 heteroatoms. The quantitative estimate of drug-likeness (QED) is 0.345. The molecular formula is C30H38N6O2S. The van der Waals surface area contributed by atoms with E-state index >= 15 is 0 Å². The van der Waals surface area contributed by atoms with E-state index in [2.05, 4.69) is 44.3 Å². The number of carbonyl (C=O) groups excluding carboxylic acids is 1. The van der Waals surface area contributed by atoms with Crippen molar-refractivity contribution in [3.8, 4) is 21.7 Å². The summed E-state index contributed by atoms with van der Waals surface area (Å²) in [6.45, 7) is 5.61. The molecule has 0 N–H and O–H groups in total. The number of carbonyl (C=O) groups is 1. The second kappa shape index (κ2) is 11.7. The van der Waals surface area contributed by atoms with Crippen LogP contribution in [0.4, 0.5) is 11.1 Å². The van der Waals surface area contributed by atoms with E-state index in [9.17, 15) is 4.79 Å². The zero-order valence-corrected chi connectivity index (χ0v) is 23.6. The Labute approximate surface area is 234 Å². The highest BCUT2D eigenvalue weighted by Crippen LogP contribution is 2.35. The molecule has 0 spiro atoms. The predicted molar refractivity (Wildman–Crippen MR) is 155 cm³/mol. The fraction of sp³-hybridized carbons (Fsp3) is 0.567. The maximum Gasteiger partial charge on any atom is 0.225 e. The van der Waals surface area contributed by atoms with Crippen LogP contribution in [0.15, 0.2) is 36.7 Å². The van der Waals surface area contributed by atoms with Gasteiger partial charge in [0.25, 0.3) is 0 Å². The van der Waals surface area contributed by atoms with E-state index in [4.69, 9.17) is 14.7 Å². The minimum atomic E-state index is -0.207. The average molecular weight is 547 g/mol.